The minimum atomic E-state index is -3.15. The smallest absolute Gasteiger partial charge is 0.387 e. The Labute approximate surface area is 65.6 Å². The van der Waals surface area contributed by atoms with Crippen molar-refractivity contribution in [2.45, 2.75) is 6.61 Å². The van der Waals surface area contributed by atoms with E-state index < -0.39 is 24.0 Å². The number of rotatable bonds is 2. The molecule has 1 nitrogen and oxygen atoms in total. The quantitative estimate of drug-likeness (QED) is 0.635. The normalized spacial score (nSPS) is 10.4. The van der Waals surface area contributed by atoms with Gasteiger partial charge in [-0.2, -0.15) is 8.78 Å². The first kappa shape index (κ1) is 8.83. The van der Waals surface area contributed by atoms with E-state index in [0.29, 0.717) is 12.1 Å². The van der Waals surface area contributed by atoms with Crippen LogP contribution in [0, 0.1) is 11.6 Å². The molecule has 0 N–H and O–H groups in total. The third-order valence-corrected chi connectivity index (χ3v) is 1.11. The van der Waals surface area contributed by atoms with Gasteiger partial charge < -0.3 is 4.74 Å². The van der Waals surface area contributed by atoms with Crippen molar-refractivity contribution in [3.05, 3.63) is 29.8 Å². The van der Waals surface area contributed by atoms with Crippen LogP contribution in [0.1, 0.15) is 0 Å². The molecular weight excluding hydrogens is 176 g/mol. The second-order valence-corrected chi connectivity index (χ2v) is 1.95. The van der Waals surface area contributed by atoms with Crippen LogP contribution in [0.25, 0.3) is 0 Å². The van der Waals surface area contributed by atoms with E-state index >= 15 is 0 Å². The van der Waals surface area contributed by atoms with Crippen LogP contribution in [-0.4, -0.2) is 6.61 Å². The molecule has 5 heteroatoms. The molecule has 0 aliphatic rings. The van der Waals surface area contributed by atoms with Crippen LogP contribution in [0.3, 0.4) is 0 Å². The minimum Gasteiger partial charge on any atom is -0.432 e. The van der Waals surface area contributed by atoms with E-state index in [1.54, 1.807) is 0 Å². The SMILES string of the molecule is Fc1ccc(F)c(OC(F)F)c1. The molecule has 0 aliphatic carbocycles. The molecule has 0 saturated heterocycles. The van der Waals surface area contributed by atoms with E-state index in [2.05, 4.69) is 4.74 Å². The van der Waals surface area contributed by atoms with E-state index in [4.69, 9.17) is 0 Å². The van der Waals surface area contributed by atoms with E-state index in [1.807, 2.05) is 0 Å². The third kappa shape index (κ3) is 2.11. The molecule has 1 aromatic carbocycles. The average molecular weight is 180 g/mol. The number of ether oxygens (including phenoxy) is 1. The highest BCUT2D eigenvalue weighted by molar-refractivity contribution is 5.24. The molecule has 0 radical (unpaired) electrons. The summed E-state index contributed by atoms with van der Waals surface area (Å²) >= 11 is 0. The molecular formula is C7H4F4O. The average Bonchev–Trinajstić information content (AvgIpc) is 1.96. The predicted octanol–water partition coefficient (Wildman–Crippen LogP) is 2.57. The predicted molar refractivity (Wildman–Crippen MR) is 33.0 cm³/mol. The summed E-state index contributed by atoms with van der Waals surface area (Å²) in [7, 11) is 0. The van der Waals surface area contributed by atoms with E-state index in [-0.39, 0.29) is 0 Å². The van der Waals surface area contributed by atoms with Crippen molar-refractivity contribution in [3.8, 4) is 5.75 Å². The summed E-state index contributed by atoms with van der Waals surface area (Å²) in [4.78, 5) is 0. The van der Waals surface area contributed by atoms with E-state index in [1.165, 1.54) is 0 Å². The summed E-state index contributed by atoms with van der Waals surface area (Å²) < 4.78 is 51.5. The van der Waals surface area contributed by atoms with Crippen LogP contribution in [0.2, 0.25) is 0 Å². The standard InChI is InChI=1S/C7H4F4O/c8-4-1-2-5(9)6(3-4)12-7(10)11/h1-3,7H. The fraction of sp³-hybridized carbons (Fsp3) is 0.143. The minimum absolute atomic E-state index is 0.557. The van der Waals surface area contributed by atoms with Gasteiger partial charge in [0.15, 0.2) is 11.6 Å². The van der Waals surface area contributed by atoms with Crippen LogP contribution >= 0.6 is 0 Å². The van der Waals surface area contributed by atoms with Crippen LogP contribution in [-0.2, 0) is 0 Å². The molecule has 1 rings (SSSR count). The Morgan fingerprint density at radius 1 is 1.17 bits per heavy atom. The number of alkyl halides is 2. The second-order valence-electron chi connectivity index (χ2n) is 1.95. The van der Waals surface area contributed by atoms with Crippen LogP contribution < -0.4 is 4.74 Å². The van der Waals surface area contributed by atoms with Gasteiger partial charge in [0, 0.05) is 6.07 Å². The fourth-order valence-electron chi connectivity index (χ4n) is 0.663. The Morgan fingerprint density at radius 2 is 1.83 bits per heavy atom. The lowest BCUT2D eigenvalue weighted by molar-refractivity contribution is -0.0523. The molecule has 0 spiro atoms. The van der Waals surface area contributed by atoms with Gasteiger partial charge in [-0.15, -0.1) is 0 Å². The van der Waals surface area contributed by atoms with Gasteiger partial charge in [-0.3, -0.25) is 0 Å². The Hall–Kier alpha value is -1.26. The van der Waals surface area contributed by atoms with Gasteiger partial charge in [-0.05, 0) is 12.1 Å². The molecule has 0 aliphatic heterocycles. The first-order chi connectivity index (χ1) is 5.59. The molecule has 1 aromatic rings. The highest BCUT2D eigenvalue weighted by Crippen LogP contribution is 2.19. The molecule has 0 heterocycles. The molecule has 0 aromatic heterocycles. The molecule has 12 heavy (non-hydrogen) atoms. The number of halogens is 4. The summed E-state index contributed by atoms with van der Waals surface area (Å²) in [6, 6.07) is 2.09. The van der Waals surface area contributed by atoms with Gasteiger partial charge in [0.25, 0.3) is 0 Å². The van der Waals surface area contributed by atoms with Gasteiger partial charge in [-0.25, -0.2) is 8.78 Å². The topological polar surface area (TPSA) is 9.23 Å². The van der Waals surface area contributed by atoms with E-state index in [0.717, 1.165) is 6.07 Å². The summed E-state index contributed by atoms with van der Waals surface area (Å²) in [5.41, 5.74) is 0. The Bertz CT molecular complexity index is 274. The maximum absolute atomic E-state index is 12.5. The monoisotopic (exact) mass is 180 g/mol. The Kier molecular flexibility index (Phi) is 2.52. The lowest BCUT2D eigenvalue weighted by Gasteiger charge is -2.04. The lowest BCUT2D eigenvalue weighted by atomic mass is 10.3. The zero-order valence-corrected chi connectivity index (χ0v) is 5.73. The molecule has 0 bridgehead atoms. The third-order valence-electron chi connectivity index (χ3n) is 1.11. The molecule has 0 fully saturated rings. The van der Waals surface area contributed by atoms with Gasteiger partial charge in [0.05, 0.1) is 0 Å². The van der Waals surface area contributed by atoms with E-state index in [9.17, 15) is 17.6 Å². The maximum Gasteiger partial charge on any atom is 0.387 e. The summed E-state index contributed by atoms with van der Waals surface area (Å²) in [5, 5.41) is 0. The molecule has 66 valence electrons. The zero-order chi connectivity index (χ0) is 9.14. The summed E-state index contributed by atoms with van der Waals surface area (Å²) in [6.45, 7) is -3.15. The van der Waals surface area contributed by atoms with Gasteiger partial charge in [0.2, 0.25) is 0 Å². The molecule has 0 saturated carbocycles. The van der Waals surface area contributed by atoms with Crippen molar-refractivity contribution < 1.29 is 22.3 Å². The van der Waals surface area contributed by atoms with Gasteiger partial charge in [-0.1, -0.05) is 0 Å². The van der Waals surface area contributed by atoms with Crippen molar-refractivity contribution in [3.63, 3.8) is 0 Å². The summed E-state index contributed by atoms with van der Waals surface area (Å²) in [5.74, 6) is -2.63. The zero-order valence-electron chi connectivity index (χ0n) is 5.73. The lowest BCUT2D eigenvalue weighted by Crippen LogP contribution is -2.03. The van der Waals surface area contributed by atoms with Crippen LogP contribution in [0.15, 0.2) is 18.2 Å². The van der Waals surface area contributed by atoms with Crippen molar-refractivity contribution in [2.24, 2.45) is 0 Å². The Balaban J connectivity index is 2.90. The van der Waals surface area contributed by atoms with Crippen molar-refractivity contribution >= 4 is 0 Å². The highest BCUT2D eigenvalue weighted by Gasteiger charge is 2.09. The number of hydrogen-bond acceptors (Lipinski definition) is 1. The van der Waals surface area contributed by atoms with Crippen molar-refractivity contribution in [1.82, 2.24) is 0 Å². The number of benzene rings is 1. The van der Waals surface area contributed by atoms with Gasteiger partial charge >= 0.3 is 6.61 Å². The summed E-state index contributed by atoms with van der Waals surface area (Å²) in [6.07, 6.45) is 0. The van der Waals surface area contributed by atoms with Crippen molar-refractivity contribution in [2.75, 3.05) is 0 Å². The van der Waals surface area contributed by atoms with Crippen LogP contribution in [0.5, 0.6) is 5.75 Å². The first-order valence-corrected chi connectivity index (χ1v) is 2.99. The highest BCUT2D eigenvalue weighted by atomic mass is 19.3. The molecule has 0 atom stereocenters. The fourth-order valence-corrected chi connectivity index (χ4v) is 0.663. The van der Waals surface area contributed by atoms with Crippen LogP contribution in [0.4, 0.5) is 17.6 Å². The largest absolute Gasteiger partial charge is 0.432 e. The Morgan fingerprint density at radius 3 is 2.42 bits per heavy atom. The molecule has 0 unspecified atom stereocenters. The second kappa shape index (κ2) is 3.42. The van der Waals surface area contributed by atoms with Gasteiger partial charge in [0.1, 0.15) is 5.82 Å². The van der Waals surface area contributed by atoms with Crippen molar-refractivity contribution in [1.29, 1.82) is 0 Å². The maximum atomic E-state index is 12.5. The first-order valence-electron chi connectivity index (χ1n) is 2.99. The molecule has 0 amide bonds. The number of hydrogen-bond donors (Lipinski definition) is 0.